The molecule has 1 heterocycles. The second-order valence-corrected chi connectivity index (χ2v) is 5.31. The van der Waals surface area contributed by atoms with Crippen molar-refractivity contribution in [2.45, 2.75) is 29.8 Å². The van der Waals surface area contributed by atoms with E-state index < -0.39 is 11.8 Å². The molecule has 0 unspecified atom stereocenters. The maximum atomic E-state index is 13.8. The number of carboxylic acid groups (broad SMARTS) is 1. The van der Waals surface area contributed by atoms with Gasteiger partial charge in [0.25, 0.3) is 5.56 Å². The predicted molar refractivity (Wildman–Crippen MR) is 76.3 cm³/mol. The largest absolute Gasteiger partial charge is 0.478 e. The fraction of sp³-hybridized carbons (Fsp3) is 0.214. The van der Waals surface area contributed by atoms with Crippen LogP contribution in [0.15, 0.2) is 39.1 Å². The number of aromatic amines is 1. The molecule has 0 bridgehead atoms. The minimum Gasteiger partial charge on any atom is -0.478 e. The number of carbonyl (C=O) groups is 1. The molecule has 0 atom stereocenters. The Morgan fingerprint density at radius 3 is 2.90 bits per heavy atom. The van der Waals surface area contributed by atoms with Crippen molar-refractivity contribution in [2.24, 2.45) is 0 Å². The van der Waals surface area contributed by atoms with E-state index in [0.29, 0.717) is 12.1 Å². The van der Waals surface area contributed by atoms with Gasteiger partial charge in [-0.3, -0.25) is 4.79 Å². The van der Waals surface area contributed by atoms with Gasteiger partial charge < -0.3 is 10.1 Å². The van der Waals surface area contributed by atoms with E-state index in [2.05, 4.69) is 9.97 Å². The highest BCUT2D eigenvalue weighted by Gasteiger charge is 2.16. The van der Waals surface area contributed by atoms with E-state index in [1.807, 2.05) is 6.92 Å². The van der Waals surface area contributed by atoms with Crippen molar-refractivity contribution in [1.82, 2.24) is 9.97 Å². The topological polar surface area (TPSA) is 83.0 Å². The van der Waals surface area contributed by atoms with E-state index in [4.69, 9.17) is 5.11 Å². The zero-order chi connectivity index (χ0) is 15.4. The summed E-state index contributed by atoms with van der Waals surface area (Å²) in [7, 11) is 0. The van der Waals surface area contributed by atoms with Crippen molar-refractivity contribution in [2.75, 3.05) is 0 Å². The van der Waals surface area contributed by atoms with Crippen LogP contribution in [0.1, 0.15) is 29.4 Å². The molecule has 0 aliphatic rings. The van der Waals surface area contributed by atoms with Crippen LogP contribution in [0.3, 0.4) is 0 Å². The number of aromatic nitrogens is 2. The average molecular weight is 308 g/mol. The number of halogens is 1. The number of nitrogens with zero attached hydrogens (tertiary/aromatic N) is 1. The first-order valence-corrected chi connectivity index (χ1v) is 7.12. The molecule has 0 aliphatic heterocycles. The molecule has 0 saturated heterocycles. The highest BCUT2D eigenvalue weighted by Crippen LogP contribution is 2.30. The Bertz CT molecular complexity index is 730. The standard InChI is InChI=1S/C14H13FN2O3S/c1-2-4-8-7-11(18)17-14(16-8)21-12-9(13(19)20)5-3-6-10(12)15/h3,5-7H,2,4H2,1H3,(H,19,20)(H,16,17,18). The monoisotopic (exact) mass is 308 g/mol. The molecule has 7 heteroatoms. The van der Waals surface area contributed by atoms with Gasteiger partial charge in [0, 0.05) is 11.8 Å². The van der Waals surface area contributed by atoms with Gasteiger partial charge in [0.1, 0.15) is 5.82 Å². The van der Waals surface area contributed by atoms with Crippen molar-refractivity contribution >= 4 is 17.7 Å². The zero-order valence-electron chi connectivity index (χ0n) is 11.2. The van der Waals surface area contributed by atoms with Crippen molar-refractivity contribution in [3.63, 3.8) is 0 Å². The van der Waals surface area contributed by atoms with Crippen LogP contribution in [-0.2, 0) is 6.42 Å². The molecule has 21 heavy (non-hydrogen) atoms. The van der Waals surface area contributed by atoms with Gasteiger partial charge in [0.15, 0.2) is 5.16 Å². The van der Waals surface area contributed by atoms with Crippen molar-refractivity contribution in [3.05, 3.63) is 51.7 Å². The van der Waals surface area contributed by atoms with Gasteiger partial charge in [-0.1, -0.05) is 19.4 Å². The van der Waals surface area contributed by atoms with Crippen LogP contribution in [0.2, 0.25) is 0 Å². The van der Waals surface area contributed by atoms with E-state index in [9.17, 15) is 14.0 Å². The summed E-state index contributed by atoms with van der Waals surface area (Å²) in [5.74, 6) is -1.90. The number of carboxylic acids is 1. The maximum Gasteiger partial charge on any atom is 0.336 e. The van der Waals surface area contributed by atoms with Crippen molar-refractivity contribution in [3.8, 4) is 0 Å². The van der Waals surface area contributed by atoms with E-state index in [0.717, 1.165) is 18.2 Å². The summed E-state index contributed by atoms with van der Waals surface area (Å²) in [6, 6.07) is 5.18. The lowest BCUT2D eigenvalue weighted by atomic mass is 10.2. The number of nitrogens with one attached hydrogen (secondary N) is 1. The third-order valence-electron chi connectivity index (χ3n) is 2.68. The maximum absolute atomic E-state index is 13.8. The first-order valence-electron chi connectivity index (χ1n) is 6.31. The Kier molecular flexibility index (Phi) is 4.74. The van der Waals surface area contributed by atoms with Crippen LogP contribution in [0.4, 0.5) is 4.39 Å². The van der Waals surface area contributed by atoms with Gasteiger partial charge in [0.05, 0.1) is 10.5 Å². The smallest absolute Gasteiger partial charge is 0.336 e. The number of hydrogen-bond donors (Lipinski definition) is 2. The molecule has 0 spiro atoms. The molecule has 110 valence electrons. The Balaban J connectivity index is 2.43. The molecule has 2 N–H and O–H groups in total. The van der Waals surface area contributed by atoms with E-state index in [-0.39, 0.29) is 21.2 Å². The lowest BCUT2D eigenvalue weighted by molar-refractivity contribution is 0.0692. The fourth-order valence-corrected chi connectivity index (χ4v) is 2.73. The van der Waals surface area contributed by atoms with Gasteiger partial charge in [-0.05, 0) is 30.3 Å². The molecular weight excluding hydrogens is 295 g/mol. The molecule has 2 rings (SSSR count). The second-order valence-electron chi connectivity index (χ2n) is 4.32. The molecule has 1 aromatic carbocycles. The number of aryl methyl sites for hydroxylation is 1. The first kappa shape index (κ1) is 15.2. The van der Waals surface area contributed by atoms with Gasteiger partial charge >= 0.3 is 5.97 Å². The normalized spacial score (nSPS) is 10.6. The number of H-pyrrole nitrogens is 1. The summed E-state index contributed by atoms with van der Waals surface area (Å²) in [5, 5.41) is 9.27. The Labute approximate surface area is 124 Å². The number of aromatic carboxylic acids is 1. The molecule has 2 aromatic rings. The molecule has 0 radical (unpaired) electrons. The van der Waals surface area contributed by atoms with E-state index >= 15 is 0 Å². The lowest BCUT2D eigenvalue weighted by Gasteiger charge is -2.07. The van der Waals surface area contributed by atoms with Crippen molar-refractivity contribution in [1.29, 1.82) is 0 Å². The minimum atomic E-state index is -1.23. The van der Waals surface area contributed by atoms with Crippen LogP contribution in [0.25, 0.3) is 0 Å². The third kappa shape index (κ3) is 3.69. The summed E-state index contributed by atoms with van der Waals surface area (Å²) >= 11 is 0.801. The van der Waals surface area contributed by atoms with Gasteiger partial charge in [-0.15, -0.1) is 0 Å². The SMILES string of the molecule is CCCc1cc(=O)[nH]c(Sc2c(F)cccc2C(=O)O)n1. The highest BCUT2D eigenvalue weighted by atomic mass is 32.2. The van der Waals surface area contributed by atoms with Gasteiger partial charge in [-0.2, -0.15) is 0 Å². The minimum absolute atomic E-state index is 0.0678. The summed E-state index contributed by atoms with van der Waals surface area (Å²) in [6.07, 6.45) is 1.45. The molecule has 1 aromatic heterocycles. The number of benzene rings is 1. The second kappa shape index (κ2) is 6.53. The van der Waals surface area contributed by atoms with Gasteiger partial charge in [0.2, 0.25) is 0 Å². The van der Waals surface area contributed by atoms with E-state index in [1.165, 1.54) is 24.3 Å². The summed E-state index contributed by atoms with van der Waals surface area (Å²) in [5.41, 5.74) is 0.0877. The fourth-order valence-electron chi connectivity index (χ4n) is 1.79. The third-order valence-corrected chi connectivity index (χ3v) is 3.68. The Hall–Kier alpha value is -2.15. The first-order chi connectivity index (χ1) is 10.0. The molecular formula is C14H13FN2O3S. The Morgan fingerprint density at radius 1 is 1.48 bits per heavy atom. The molecule has 5 nitrogen and oxygen atoms in total. The zero-order valence-corrected chi connectivity index (χ0v) is 12.0. The number of hydrogen-bond acceptors (Lipinski definition) is 4. The summed E-state index contributed by atoms with van der Waals surface area (Å²) in [6.45, 7) is 1.95. The van der Waals surface area contributed by atoms with Crippen LogP contribution in [0, 0.1) is 5.82 Å². The molecule has 0 fully saturated rings. The summed E-state index contributed by atoms with van der Waals surface area (Å²) in [4.78, 5) is 29.3. The quantitative estimate of drug-likeness (QED) is 0.830. The molecule has 0 saturated carbocycles. The number of rotatable bonds is 5. The molecule has 0 aliphatic carbocycles. The van der Waals surface area contributed by atoms with E-state index in [1.54, 1.807) is 0 Å². The van der Waals surface area contributed by atoms with Crippen LogP contribution < -0.4 is 5.56 Å². The van der Waals surface area contributed by atoms with Crippen LogP contribution in [-0.4, -0.2) is 21.0 Å². The Morgan fingerprint density at radius 2 is 2.24 bits per heavy atom. The lowest BCUT2D eigenvalue weighted by Crippen LogP contribution is -2.10. The summed E-state index contributed by atoms with van der Waals surface area (Å²) < 4.78 is 13.8. The van der Waals surface area contributed by atoms with Crippen LogP contribution >= 0.6 is 11.8 Å². The molecule has 0 amide bonds. The predicted octanol–water partition coefficient (Wildman–Crippen LogP) is 2.71. The highest BCUT2D eigenvalue weighted by molar-refractivity contribution is 7.99. The average Bonchev–Trinajstić information content (AvgIpc) is 2.40. The van der Waals surface area contributed by atoms with Crippen LogP contribution in [0.5, 0.6) is 0 Å². The van der Waals surface area contributed by atoms with Gasteiger partial charge in [-0.25, -0.2) is 14.2 Å². The van der Waals surface area contributed by atoms with Crippen molar-refractivity contribution < 1.29 is 14.3 Å².